The highest BCUT2D eigenvalue weighted by atomic mass is 16.6. The molecule has 1 amide bonds. The van der Waals surface area contributed by atoms with E-state index in [9.17, 15) is 9.59 Å². The van der Waals surface area contributed by atoms with Crippen LogP contribution in [0.25, 0.3) is 0 Å². The van der Waals surface area contributed by atoms with Crippen LogP contribution in [0.15, 0.2) is 10.6 Å². The highest BCUT2D eigenvalue weighted by molar-refractivity contribution is 5.94. The molecule has 0 spiro atoms. The summed E-state index contributed by atoms with van der Waals surface area (Å²) in [6.07, 6.45) is 9.57. The van der Waals surface area contributed by atoms with Crippen LogP contribution in [0.2, 0.25) is 0 Å². The van der Waals surface area contributed by atoms with Gasteiger partial charge in [-0.3, -0.25) is 14.9 Å². The zero-order chi connectivity index (χ0) is 21.4. The maximum Gasteiger partial charge on any atom is 0.309 e. The lowest BCUT2D eigenvalue weighted by molar-refractivity contribution is -0.162. The lowest BCUT2D eigenvalue weighted by Gasteiger charge is -2.26. The van der Waals surface area contributed by atoms with E-state index in [1.807, 2.05) is 26.8 Å². The monoisotopic (exact) mass is 406 g/mol. The van der Waals surface area contributed by atoms with Gasteiger partial charge in [-0.25, -0.2) is 0 Å². The number of nitrogens with one attached hydrogen (secondary N) is 1. The normalized spacial score (nSPS) is 17.6. The standard InChI is InChI=1S/C23H38N2O4/c1-6-7-9-14-18(16(2)22(27)28-23(3,4)5)21(26)24-20-15-19(25-29-20)17-12-10-8-11-13-17/h15-18H,6-14H2,1-5H3,(H,24,26). The molecule has 6 heteroatoms. The van der Waals surface area contributed by atoms with E-state index in [1.165, 1.54) is 19.3 Å². The molecule has 1 saturated carbocycles. The minimum atomic E-state index is -0.574. The third-order valence-electron chi connectivity index (χ3n) is 5.64. The molecule has 1 fully saturated rings. The van der Waals surface area contributed by atoms with E-state index in [2.05, 4.69) is 17.4 Å². The zero-order valence-electron chi connectivity index (χ0n) is 18.8. The predicted octanol–water partition coefficient (Wildman–Crippen LogP) is 5.84. The Kier molecular flexibility index (Phi) is 8.72. The maximum absolute atomic E-state index is 13.0. The van der Waals surface area contributed by atoms with Crippen LogP contribution in [0.1, 0.15) is 104 Å². The summed E-state index contributed by atoms with van der Waals surface area (Å²) < 4.78 is 10.9. The summed E-state index contributed by atoms with van der Waals surface area (Å²) in [5, 5.41) is 7.03. The van der Waals surface area contributed by atoms with Crippen LogP contribution in [0.5, 0.6) is 0 Å². The van der Waals surface area contributed by atoms with Gasteiger partial charge in [0, 0.05) is 12.0 Å². The number of carbonyl (C=O) groups excluding carboxylic acids is 2. The summed E-state index contributed by atoms with van der Waals surface area (Å²) in [5.74, 6) is -0.737. The van der Waals surface area contributed by atoms with Gasteiger partial charge < -0.3 is 9.26 Å². The summed E-state index contributed by atoms with van der Waals surface area (Å²) in [6, 6.07) is 1.84. The van der Waals surface area contributed by atoms with Crippen molar-refractivity contribution in [2.24, 2.45) is 11.8 Å². The van der Waals surface area contributed by atoms with Gasteiger partial charge in [-0.1, -0.05) is 57.5 Å². The van der Waals surface area contributed by atoms with Gasteiger partial charge in [0.1, 0.15) is 5.60 Å². The number of aromatic nitrogens is 1. The zero-order valence-corrected chi connectivity index (χ0v) is 18.8. The molecule has 0 radical (unpaired) electrons. The molecule has 6 nitrogen and oxygen atoms in total. The summed E-state index contributed by atoms with van der Waals surface area (Å²) in [4.78, 5) is 25.6. The van der Waals surface area contributed by atoms with Crippen molar-refractivity contribution < 1.29 is 18.8 Å². The van der Waals surface area contributed by atoms with Crippen molar-refractivity contribution in [3.05, 3.63) is 11.8 Å². The Bertz CT molecular complexity index is 656. The van der Waals surface area contributed by atoms with E-state index in [4.69, 9.17) is 9.26 Å². The molecular formula is C23H38N2O4. The average Bonchev–Trinajstić information content (AvgIpc) is 3.12. The maximum atomic E-state index is 13.0. The van der Waals surface area contributed by atoms with Gasteiger partial charge in [0.05, 0.1) is 17.5 Å². The van der Waals surface area contributed by atoms with Gasteiger partial charge in [0.15, 0.2) is 0 Å². The number of nitrogens with zero attached hydrogens (tertiary/aromatic N) is 1. The van der Waals surface area contributed by atoms with Crippen molar-refractivity contribution >= 4 is 17.8 Å². The van der Waals surface area contributed by atoms with Crippen molar-refractivity contribution in [2.45, 2.75) is 104 Å². The average molecular weight is 407 g/mol. The van der Waals surface area contributed by atoms with Crippen molar-refractivity contribution in [1.82, 2.24) is 5.16 Å². The van der Waals surface area contributed by atoms with Crippen molar-refractivity contribution in [2.75, 3.05) is 5.32 Å². The molecular weight excluding hydrogens is 368 g/mol. The third kappa shape index (κ3) is 7.48. The molecule has 2 unspecified atom stereocenters. The Hall–Kier alpha value is -1.85. The lowest BCUT2D eigenvalue weighted by atomic mass is 9.87. The van der Waals surface area contributed by atoms with Gasteiger partial charge in [0.25, 0.3) is 0 Å². The number of ether oxygens (including phenoxy) is 1. The highest BCUT2D eigenvalue weighted by Crippen LogP contribution is 2.33. The van der Waals surface area contributed by atoms with Crippen LogP contribution in [0, 0.1) is 11.8 Å². The van der Waals surface area contributed by atoms with Gasteiger partial charge in [-0.05, 0) is 40.0 Å². The molecule has 1 heterocycles. The third-order valence-corrected chi connectivity index (χ3v) is 5.64. The van der Waals surface area contributed by atoms with Crippen LogP contribution in [-0.4, -0.2) is 22.6 Å². The molecule has 0 saturated heterocycles. The quantitative estimate of drug-likeness (QED) is 0.412. The summed E-state index contributed by atoms with van der Waals surface area (Å²) in [5.41, 5.74) is 0.345. The number of esters is 1. The van der Waals surface area contributed by atoms with Crippen LogP contribution in [0.4, 0.5) is 5.88 Å². The Labute approximate surface area is 175 Å². The summed E-state index contributed by atoms with van der Waals surface area (Å²) >= 11 is 0. The van der Waals surface area contributed by atoms with Gasteiger partial charge >= 0.3 is 5.97 Å². The van der Waals surface area contributed by atoms with E-state index in [0.29, 0.717) is 18.2 Å². The second kappa shape index (κ2) is 10.8. The number of rotatable bonds is 9. The van der Waals surface area contributed by atoms with E-state index in [0.717, 1.165) is 37.8 Å². The molecule has 164 valence electrons. The molecule has 1 aliphatic carbocycles. The van der Waals surface area contributed by atoms with Crippen molar-refractivity contribution in [1.29, 1.82) is 0 Å². The minimum Gasteiger partial charge on any atom is -0.460 e. The number of unbranched alkanes of at least 4 members (excludes halogenated alkanes) is 2. The molecule has 1 N–H and O–H groups in total. The lowest BCUT2D eigenvalue weighted by Crippen LogP contribution is -2.36. The second-order valence-electron chi connectivity index (χ2n) is 9.36. The molecule has 2 rings (SSSR count). The fourth-order valence-corrected chi connectivity index (χ4v) is 3.93. The predicted molar refractivity (Wildman–Crippen MR) is 114 cm³/mol. The molecule has 0 aliphatic heterocycles. The van der Waals surface area contributed by atoms with E-state index in [1.54, 1.807) is 6.92 Å². The van der Waals surface area contributed by atoms with E-state index >= 15 is 0 Å². The van der Waals surface area contributed by atoms with Crippen LogP contribution in [0.3, 0.4) is 0 Å². The Morgan fingerprint density at radius 2 is 1.93 bits per heavy atom. The topological polar surface area (TPSA) is 81.4 Å². The molecule has 0 aromatic carbocycles. The Morgan fingerprint density at radius 3 is 2.55 bits per heavy atom. The summed E-state index contributed by atoms with van der Waals surface area (Å²) in [7, 11) is 0. The molecule has 29 heavy (non-hydrogen) atoms. The first-order chi connectivity index (χ1) is 13.7. The number of hydrogen-bond acceptors (Lipinski definition) is 5. The second-order valence-corrected chi connectivity index (χ2v) is 9.36. The molecule has 1 aromatic rings. The van der Waals surface area contributed by atoms with Crippen LogP contribution in [-0.2, 0) is 14.3 Å². The van der Waals surface area contributed by atoms with Gasteiger partial charge in [0.2, 0.25) is 11.8 Å². The Morgan fingerprint density at radius 1 is 1.24 bits per heavy atom. The van der Waals surface area contributed by atoms with Gasteiger partial charge in [-0.15, -0.1) is 0 Å². The number of anilines is 1. The summed E-state index contributed by atoms with van der Waals surface area (Å²) in [6.45, 7) is 9.41. The molecule has 0 bridgehead atoms. The fraction of sp³-hybridized carbons (Fsp3) is 0.783. The molecule has 1 aromatic heterocycles. The number of carbonyl (C=O) groups is 2. The number of hydrogen-bond donors (Lipinski definition) is 1. The fourth-order valence-electron chi connectivity index (χ4n) is 3.93. The number of amides is 1. The van der Waals surface area contributed by atoms with Crippen molar-refractivity contribution in [3.8, 4) is 0 Å². The van der Waals surface area contributed by atoms with Gasteiger partial charge in [-0.2, -0.15) is 0 Å². The largest absolute Gasteiger partial charge is 0.460 e. The minimum absolute atomic E-state index is 0.203. The van der Waals surface area contributed by atoms with E-state index < -0.39 is 17.4 Å². The highest BCUT2D eigenvalue weighted by Gasteiger charge is 2.33. The SMILES string of the molecule is CCCCCC(C(=O)Nc1cc(C2CCCCC2)no1)C(C)C(=O)OC(C)(C)C. The smallest absolute Gasteiger partial charge is 0.309 e. The molecule has 2 atom stereocenters. The Balaban J connectivity index is 2.04. The van der Waals surface area contributed by atoms with Crippen LogP contribution < -0.4 is 5.32 Å². The van der Waals surface area contributed by atoms with Crippen LogP contribution >= 0.6 is 0 Å². The first-order valence-corrected chi connectivity index (χ1v) is 11.2. The first kappa shape index (κ1) is 23.4. The van der Waals surface area contributed by atoms with Crippen molar-refractivity contribution in [3.63, 3.8) is 0 Å². The first-order valence-electron chi connectivity index (χ1n) is 11.2. The molecule has 1 aliphatic rings. The van der Waals surface area contributed by atoms with E-state index in [-0.39, 0.29) is 11.9 Å².